The average Bonchev–Trinajstić information content (AvgIpc) is 3.64. The van der Waals surface area contributed by atoms with Crippen LogP contribution in [-0.2, 0) is 5.41 Å². The standard InChI is InChI=1S/C59H45N3Si/c1-63(2,3)51-28-16-22-44(37-51)46-32-34-53-52-33-31-45(38-54(52)59(55(53)39-46,49-24-9-5-10-25-49)50-26-11-6-12-27-50)43-21-15-23-47(36-43)57-60-56(41-18-7-4-8-19-41)61-58(62-57)48-30-29-40-17-13-14-20-42(40)35-48/h4-39H,1-3H3. The van der Waals surface area contributed by atoms with Crippen LogP contribution in [0.2, 0.25) is 19.6 Å². The van der Waals surface area contributed by atoms with Crippen LogP contribution in [0, 0.1) is 0 Å². The second kappa shape index (κ2) is 15.4. The maximum absolute atomic E-state index is 5.16. The summed E-state index contributed by atoms with van der Waals surface area (Å²) in [6, 6.07) is 79.2. The Kier molecular flexibility index (Phi) is 9.40. The molecule has 1 aliphatic carbocycles. The molecule has 0 saturated carbocycles. The highest BCUT2D eigenvalue weighted by atomic mass is 28.3. The van der Waals surface area contributed by atoms with E-state index in [0.717, 1.165) is 33.2 Å². The molecule has 3 nitrogen and oxygen atoms in total. The average molecular weight is 824 g/mol. The minimum atomic E-state index is -1.53. The van der Waals surface area contributed by atoms with Crippen molar-refractivity contribution in [3.8, 4) is 67.5 Å². The van der Waals surface area contributed by atoms with Gasteiger partial charge in [-0.05, 0) is 90.7 Å². The zero-order valence-corrected chi connectivity index (χ0v) is 36.6. The number of aromatic nitrogens is 3. The SMILES string of the molecule is C[Si](C)(C)c1cccc(-c2ccc3c(c2)C(c2ccccc2)(c2ccccc2)c2cc(-c4cccc(-c5nc(-c6ccccc6)nc(-c6ccc7ccccc7c6)n5)c4)ccc2-3)c1. The fourth-order valence-electron chi connectivity index (χ4n) is 9.53. The smallest absolute Gasteiger partial charge is 0.164 e. The molecule has 0 bridgehead atoms. The van der Waals surface area contributed by atoms with Gasteiger partial charge in [-0.3, -0.25) is 0 Å². The molecule has 0 N–H and O–H groups in total. The topological polar surface area (TPSA) is 38.7 Å². The highest BCUT2D eigenvalue weighted by Crippen LogP contribution is 2.57. The third-order valence-corrected chi connectivity index (χ3v) is 14.8. The molecule has 1 heterocycles. The van der Waals surface area contributed by atoms with Gasteiger partial charge in [0.05, 0.1) is 13.5 Å². The molecule has 63 heavy (non-hydrogen) atoms. The van der Waals surface area contributed by atoms with Crippen molar-refractivity contribution >= 4 is 24.0 Å². The number of hydrogen-bond donors (Lipinski definition) is 0. The zero-order valence-electron chi connectivity index (χ0n) is 35.6. The largest absolute Gasteiger partial charge is 0.208 e. The summed E-state index contributed by atoms with van der Waals surface area (Å²) >= 11 is 0. The zero-order chi connectivity index (χ0) is 42.5. The van der Waals surface area contributed by atoms with Gasteiger partial charge >= 0.3 is 0 Å². The molecule has 0 atom stereocenters. The van der Waals surface area contributed by atoms with E-state index in [9.17, 15) is 0 Å². The second-order valence-corrected chi connectivity index (χ2v) is 22.7. The summed E-state index contributed by atoms with van der Waals surface area (Å²) in [5, 5.41) is 3.79. The summed E-state index contributed by atoms with van der Waals surface area (Å²) in [4.78, 5) is 15.3. The molecule has 0 amide bonds. The molecule has 1 aliphatic rings. The van der Waals surface area contributed by atoms with Crippen molar-refractivity contribution in [2.45, 2.75) is 25.1 Å². The Morgan fingerprint density at radius 3 is 1.33 bits per heavy atom. The van der Waals surface area contributed by atoms with Crippen molar-refractivity contribution in [1.82, 2.24) is 15.0 Å². The molecule has 10 aromatic rings. The van der Waals surface area contributed by atoms with E-state index in [2.05, 4.69) is 220 Å². The van der Waals surface area contributed by atoms with Gasteiger partial charge in [-0.2, -0.15) is 0 Å². The molecule has 0 spiro atoms. The molecule has 1 aromatic heterocycles. The Morgan fingerprint density at radius 2 is 0.746 bits per heavy atom. The molecular weight excluding hydrogens is 779 g/mol. The van der Waals surface area contributed by atoms with Gasteiger partial charge in [-0.25, -0.2) is 15.0 Å². The van der Waals surface area contributed by atoms with E-state index < -0.39 is 13.5 Å². The van der Waals surface area contributed by atoms with Crippen molar-refractivity contribution in [1.29, 1.82) is 0 Å². The first-order valence-corrected chi connectivity index (χ1v) is 25.3. The minimum absolute atomic E-state index is 0.555. The predicted molar refractivity (Wildman–Crippen MR) is 265 cm³/mol. The Balaban J connectivity index is 1.08. The van der Waals surface area contributed by atoms with Crippen molar-refractivity contribution < 1.29 is 0 Å². The molecule has 0 unspecified atom stereocenters. The van der Waals surface area contributed by atoms with Gasteiger partial charge in [-0.15, -0.1) is 0 Å². The summed E-state index contributed by atoms with van der Waals surface area (Å²) in [6.07, 6.45) is 0. The molecule has 4 heteroatoms. The first-order chi connectivity index (χ1) is 30.8. The van der Waals surface area contributed by atoms with E-state index >= 15 is 0 Å². The minimum Gasteiger partial charge on any atom is -0.208 e. The fourth-order valence-corrected chi connectivity index (χ4v) is 10.7. The first-order valence-electron chi connectivity index (χ1n) is 21.8. The number of rotatable bonds is 8. The van der Waals surface area contributed by atoms with Crippen LogP contribution in [0.1, 0.15) is 22.3 Å². The lowest BCUT2D eigenvalue weighted by Crippen LogP contribution is -2.37. The summed E-state index contributed by atoms with van der Waals surface area (Å²) in [6.45, 7) is 7.26. The lowest BCUT2D eigenvalue weighted by Gasteiger charge is -2.34. The van der Waals surface area contributed by atoms with Crippen molar-refractivity contribution in [3.63, 3.8) is 0 Å². The maximum Gasteiger partial charge on any atom is 0.164 e. The normalized spacial score (nSPS) is 12.8. The number of fused-ring (bicyclic) bond motifs is 4. The highest BCUT2D eigenvalue weighted by Gasteiger charge is 2.46. The third-order valence-electron chi connectivity index (χ3n) is 12.7. The van der Waals surface area contributed by atoms with Crippen LogP contribution in [0.25, 0.3) is 78.3 Å². The lowest BCUT2D eigenvalue weighted by atomic mass is 9.67. The molecular formula is C59H45N3Si. The van der Waals surface area contributed by atoms with Gasteiger partial charge in [0.15, 0.2) is 17.5 Å². The van der Waals surface area contributed by atoms with E-state index in [1.807, 2.05) is 18.2 Å². The quantitative estimate of drug-likeness (QED) is 0.143. The molecule has 0 aliphatic heterocycles. The van der Waals surface area contributed by atoms with Gasteiger partial charge in [0.25, 0.3) is 0 Å². The van der Waals surface area contributed by atoms with Crippen LogP contribution in [-0.4, -0.2) is 23.0 Å². The summed E-state index contributed by atoms with van der Waals surface area (Å²) in [5.41, 5.74) is 14.6. The predicted octanol–water partition coefficient (Wildman–Crippen LogP) is 14.3. The Morgan fingerprint density at radius 1 is 0.317 bits per heavy atom. The summed E-state index contributed by atoms with van der Waals surface area (Å²) in [5.74, 6) is 1.93. The van der Waals surface area contributed by atoms with Gasteiger partial charge < -0.3 is 0 Å². The van der Waals surface area contributed by atoms with E-state index in [4.69, 9.17) is 15.0 Å². The maximum atomic E-state index is 5.16. The summed E-state index contributed by atoms with van der Waals surface area (Å²) < 4.78 is 0. The third kappa shape index (κ3) is 6.80. The van der Waals surface area contributed by atoms with Crippen LogP contribution in [0.3, 0.4) is 0 Å². The number of benzene rings is 9. The van der Waals surface area contributed by atoms with Crippen LogP contribution >= 0.6 is 0 Å². The monoisotopic (exact) mass is 823 g/mol. The van der Waals surface area contributed by atoms with Crippen molar-refractivity contribution in [2.75, 3.05) is 0 Å². The molecule has 11 rings (SSSR count). The molecule has 300 valence electrons. The first kappa shape index (κ1) is 38.4. The van der Waals surface area contributed by atoms with Gasteiger partial charge in [0.1, 0.15) is 0 Å². The van der Waals surface area contributed by atoms with Crippen LogP contribution in [0.15, 0.2) is 218 Å². The Hall–Kier alpha value is -7.53. The van der Waals surface area contributed by atoms with E-state index in [-0.39, 0.29) is 0 Å². The van der Waals surface area contributed by atoms with Crippen molar-refractivity contribution in [3.05, 3.63) is 241 Å². The van der Waals surface area contributed by atoms with Crippen molar-refractivity contribution in [2.24, 2.45) is 0 Å². The Labute approximate surface area is 370 Å². The van der Waals surface area contributed by atoms with E-state index in [0.29, 0.717) is 17.5 Å². The number of hydrogen-bond acceptors (Lipinski definition) is 3. The number of nitrogens with zero attached hydrogens (tertiary/aromatic N) is 3. The van der Waals surface area contributed by atoms with E-state index in [1.54, 1.807) is 0 Å². The van der Waals surface area contributed by atoms with Gasteiger partial charge in [0, 0.05) is 16.7 Å². The van der Waals surface area contributed by atoms with Crippen LogP contribution < -0.4 is 5.19 Å². The van der Waals surface area contributed by atoms with Crippen LogP contribution in [0.4, 0.5) is 0 Å². The molecule has 0 radical (unpaired) electrons. The fraction of sp³-hybridized carbons (Fsp3) is 0.0678. The molecule has 9 aromatic carbocycles. The Bertz CT molecular complexity index is 3280. The molecule has 0 saturated heterocycles. The highest BCUT2D eigenvalue weighted by molar-refractivity contribution is 6.88. The van der Waals surface area contributed by atoms with E-state index in [1.165, 1.54) is 55.1 Å². The summed E-state index contributed by atoms with van der Waals surface area (Å²) in [7, 11) is -1.53. The lowest BCUT2D eigenvalue weighted by molar-refractivity contribution is 0.769. The van der Waals surface area contributed by atoms with Crippen LogP contribution in [0.5, 0.6) is 0 Å². The van der Waals surface area contributed by atoms with Gasteiger partial charge in [0.2, 0.25) is 0 Å². The second-order valence-electron chi connectivity index (χ2n) is 17.6. The molecule has 0 fully saturated rings. The van der Waals surface area contributed by atoms with Gasteiger partial charge in [-0.1, -0.05) is 219 Å².